The summed E-state index contributed by atoms with van der Waals surface area (Å²) in [6.07, 6.45) is 4.94. The zero-order chi connectivity index (χ0) is 18.1. The quantitative estimate of drug-likeness (QED) is 0.874. The average molecular weight is 357 g/mol. The van der Waals surface area contributed by atoms with Gasteiger partial charge in [-0.1, -0.05) is 12.1 Å². The number of aliphatic hydroxyl groups excluding tert-OH is 2. The fourth-order valence-corrected chi connectivity index (χ4v) is 4.03. The number of piperidine rings is 1. The van der Waals surface area contributed by atoms with Gasteiger partial charge < -0.3 is 14.9 Å². The van der Waals surface area contributed by atoms with E-state index >= 15 is 0 Å². The molecule has 1 spiro atoms. The first-order valence-electron chi connectivity index (χ1n) is 9.36. The highest BCUT2D eigenvalue weighted by atomic mass is 16.5. The van der Waals surface area contributed by atoms with Crippen LogP contribution in [0.4, 0.5) is 0 Å². The summed E-state index contributed by atoms with van der Waals surface area (Å²) in [6.45, 7) is 5.05. The summed E-state index contributed by atoms with van der Waals surface area (Å²) >= 11 is 0. The Balaban J connectivity index is 1.35. The van der Waals surface area contributed by atoms with Gasteiger partial charge in [0.25, 0.3) is 0 Å². The second-order valence-electron chi connectivity index (χ2n) is 7.74. The van der Waals surface area contributed by atoms with Gasteiger partial charge in [-0.15, -0.1) is 0 Å². The Morgan fingerprint density at radius 3 is 2.77 bits per heavy atom. The van der Waals surface area contributed by atoms with E-state index < -0.39 is 12.2 Å². The van der Waals surface area contributed by atoms with Gasteiger partial charge in [0.05, 0.1) is 30.2 Å². The predicted molar refractivity (Wildman–Crippen MR) is 98.1 cm³/mol. The van der Waals surface area contributed by atoms with E-state index in [1.54, 1.807) is 0 Å². The van der Waals surface area contributed by atoms with E-state index in [2.05, 4.69) is 41.3 Å². The van der Waals surface area contributed by atoms with Gasteiger partial charge in [0.1, 0.15) is 6.10 Å². The Morgan fingerprint density at radius 2 is 2.04 bits per heavy atom. The smallest absolute Gasteiger partial charge is 0.103 e. The van der Waals surface area contributed by atoms with Crippen LogP contribution in [-0.2, 0) is 11.3 Å². The standard InChI is InChI=1S/C20H27N3O3/c1-15-3-2-4-17(9-15)23-13-16(11-21-23)12-22-7-5-20(6-8-22)10-18(24)19(25)14-26-20/h2-4,9,11,13,18-19,24-25H,5-8,10,12,14H2,1H3/t18-,19+/m1/s1. The molecule has 3 heterocycles. The maximum Gasteiger partial charge on any atom is 0.103 e. The molecule has 2 aromatic rings. The lowest BCUT2D eigenvalue weighted by Gasteiger charge is -2.46. The lowest BCUT2D eigenvalue weighted by Crippen LogP contribution is -2.54. The number of ether oxygens (including phenoxy) is 1. The Kier molecular flexibility index (Phi) is 4.84. The molecule has 2 atom stereocenters. The van der Waals surface area contributed by atoms with E-state index in [4.69, 9.17) is 4.74 Å². The molecule has 0 saturated carbocycles. The fraction of sp³-hybridized carbons (Fsp3) is 0.550. The van der Waals surface area contributed by atoms with E-state index in [0.29, 0.717) is 6.42 Å². The summed E-state index contributed by atoms with van der Waals surface area (Å²) in [4.78, 5) is 2.41. The van der Waals surface area contributed by atoms with Crippen LogP contribution in [0.15, 0.2) is 36.7 Å². The summed E-state index contributed by atoms with van der Waals surface area (Å²) in [5.41, 5.74) is 3.24. The Bertz CT molecular complexity index is 752. The van der Waals surface area contributed by atoms with Crippen LogP contribution < -0.4 is 0 Å². The van der Waals surface area contributed by atoms with Crippen molar-refractivity contribution in [3.63, 3.8) is 0 Å². The van der Waals surface area contributed by atoms with Crippen molar-refractivity contribution in [1.82, 2.24) is 14.7 Å². The van der Waals surface area contributed by atoms with E-state index in [1.165, 1.54) is 11.1 Å². The molecular formula is C20H27N3O3. The van der Waals surface area contributed by atoms with E-state index in [9.17, 15) is 10.2 Å². The van der Waals surface area contributed by atoms with Crippen molar-refractivity contribution in [2.45, 2.75) is 50.5 Å². The number of rotatable bonds is 3. The molecule has 6 heteroatoms. The number of benzene rings is 1. The second kappa shape index (κ2) is 7.12. The summed E-state index contributed by atoms with van der Waals surface area (Å²) in [5, 5.41) is 24.1. The minimum atomic E-state index is -0.744. The molecule has 2 aliphatic rings. The molecule has 0 amide bonds. The Labute approximate surface area is 154 Å². The van der Waals surface area contributed by atoms with Crippen LogP contribution in [0.1, 0.15) is 30.4 Å². The lowest BCUT2D eigenvalue weighted by molar-refractivity contribution is -0.188. The minimum absolute atomic E-state index is 0.241. The first-order valence-corrected chi connectivity index (χ1v) is 9.36. The lowest BCUT2D eigenvalue weighted by atomic mass is 9.82. The van der Waals surface area contributed by atoms with Crippen LogP contribution in [0.3, 0.4) is 0 Å². The molecule has 2 saturated heterocycles. The molecule has 140 valence electrons. The van der Waals surface area contributed by atoms with E-state index in [0.717, 1.165) is 38.2 Å². The molecule has 2 fully saturated rings. The predicted octanol–water partition coefficient (Wildman–Crippen LogP) is 1.66. The van der Waals surface area contributed by atoms with Crippen LogP contribution in [-0.4, -0.2) is 62.4 Å². The number of aromatic nitrogens is 2. The Morgan fingerprint density at radius 1 is 1.23 bits per heavy atom. The molecule has 2 aliphatic heterocycles. The molecule has 1 aromatic carbocycles. The van der Waals surface area contributed by atoms with E-state index in [-0.39, 0.29) is 12.2 Å². The van der Waals surface area contributed by atoms with Crippen LogP contribution in [0, 0.1) is 6.92 Å². The topological polar surface area (TPSA) is 70.8 Å². The molecular weight excluding hydrogens is 330 g/mol. The molecule has 0 bridgehead atoms. The van der Waals surface area contributed by atoms with Gasteiger partial charge in [0.2, 0.25) is 0 Å². The minimum Gasteiger partial charge on any atom is -0.390 e. The molecule has 0 unspecified atom stereocenters. The van der Waals surface area contributed by atoms with Gasteiger partial charge in [-0.05, 0) is 37.5 Å². The number of hydrogen-bond acceptors (Lipinski definition) is 5. The normalized spacial score (nSPS) is 26.3. The summed E-state index contributed by atoms with van der Waals surface area (Å²) < 4.78 is 7.83. The molecule has 1 aromatic heterocycles. The third-order valence-electron chi connectivity index (χ3n) is 5.66. The van der Waals surface area contributed by atoms with Crippen LogP contribution in [0.25, 0.3) is 5.69 Å². The Hall–Kier alpha value is -1.73. The summed E-state index contributed by atoms with van der Waals surface area (Å²) in [5.74, 6) is 0. The first-order chi connectivity index (χ1) is 12.5. The fourth-order valence-electron chi connectivity index (χ4n) is 4.03. The van der Waals surface area contributed by atoms with Gasteiger partial charge in [-0.3, -0.25) is 4.90 Å². The van der Waals surface area contributed by atoms with Crippen molar-refractivity contribution in [2.24, 2.45) is 0 Å². The van der Waals surface area contributed by atoms with Crippen molar-refractivity contribution in [2.75, 3.05) is 19.7 Å². The third kappa shape index (κ3) is 3.69. The van der Waals surface area contributed by atoms with Crippen molar-refractivity contribution < 1.29 is 14.9 Å². The van der Waals surface area contributed by atoms with E-state index in [1.807, 2.05) is 16.9 Å². The van der Waals surface area contributed by atoms with Crippen molar-refractivity contribution >= 4 is 0 Å². The molecule has 0 aliphatic carbocycles. The number of nitrogens with zero attached hydrogens (tertiary/aromatic N) is 3. The SMILES string of the molecule is Cc1cccc(-n2cc(CN3CCC4(CC3)C[C@@H](O)[C@@H](O)CO4)cn2)c1. The van der Waals surface area contributed by atoms with Crippen molar-refractivity contribution in [3.8, 4) is 5.69 Å². The number of likely N-dealkylation sites (tertiary alicyclic amines) is 1. The monoisotopic (exact) mass is 357 g/mol. The largest absolute Gasteiger partial charge is 0.390 e. The zero-order valence-electron chi connectivity index (χ0n) is 15.2. The highest BCUT2D eigenvalue weighted by Gasteiger charge is 2.42. The maximum atomic E-state index is 9.97. The summed E-state index contributed by atoms with van der Waals surface area (Å²) in [6, 6.07) is 8.32. The third-order valence-corrected chi connectivity index (χ3v) is 5.66. The zero-order valence-corrected chi connectivity index (χ0v) is 15.2. The average Bonchev–Trinajstić information content (AvgIpc) is 3.09. The van der Waals surface area contributed by atoms with Crippen LogP contribution >= 0.6 is 0 Å². The number of aryl methyl sites for hydroxylation is 1. The van der Waals surface area contributed by atoms with Crippen LogP contribution in [0.2, 0.25) is 0 Å². The maximum absolute atomic E-state index is 9.97. The van der Waals surface area contributed by atoms with Crippen molar-refractivity contribution in [3.05, 3.63) is 47.8 Å². The van der Waals surface area contributed by atoms with Gasteiger partial charge in [-0.25, -0.2) is 4.68 Å². The highest BCUT2D eigenvalue weighted by Crippen LogP contribution is 2.35. The van der Waals surface area contributed by atoms with Crippen molar-refractivity contribution in [1.29, 1.82) is 0 Å². The number of hydrogen-bond donors (Lipinski definition) is 2. The van der Waals surface area contributed by atoms with Gasteiger partial charge in [-0.2, -0.15) is 5.10 Å². The van der Waals surface area contributed by atoms with Gasteiger partial charge >= 0.3 is 0 Å². The molecule has 0 radical (unpaired) electrons. The molecule has 6 nitrogen and oxygen atoms in total. The molecule has 2 N–H and O–H groups in total. The number of aliphatic hydroxyl groups is 2. The summed E-state index contributed by atoms with van der Waals surface area (Å²) in [7, 11) is 0. The first kappa shape index (κ1) is 17.7. The van der Waals surface area contributed by atoms with Gasteiger partial charge in [0, 0.05) is 37.8 Å². The molecule has 26 heavy (non-hydrogen) atoms. The molecule has 4 rings (SSSR count). The van der Waals surface area contributed by atoms with Gasteiger partial charge in [0.15, 0.2) is 0 Å². The highest BCUT2D eigenvalue weighted by molar-refractivity contribution is 5.35. The second-order valence-corrected chi connectivity index (χ2v) is 7.74. The van der Waals surface area contributed by atoms with Crippen LogP contribution in [0.5, 0.6) is 0 Å².